The number of carbonyl (C=O) groups excluding carboxylic acids is 1. The average Bonchev–Trinajstić information content (AvgIpc) is 3.23. The Morgan fingerprint density at radius 3 is 2.49 bits per heavy atom. The number of hydrogen-bond acceptors (Lipinski definition) is 9. The lowest BCUT2D eigenvalue weighted by Crippen LogP contribution is -2.41. The maximum atomic E-state index is 13.6. The summed E-state index contributed by atoms with van der Waals surface area (Å²) in [6.45, 7) is 12.7. The van der Waals surface area contributed by atoms with Gasteiger partial charge in [0.1, 0.15) is 11.6 Å². The Hall–Kier alpha value is -3.57. The molecular formula is C32H40N6O4S. The smallest absolute Gasteiger partial charge is 0.281 e. The summed E-state index contributed by atoms with van der Waals surface area (Å²) >= 11 is 0. The van der Waals surface area contributed by atoms with Crippen molar-refractivity contribution in [2.24, 2.45) is 5.92 Å². The molecule has 0 radical (unpaired) electrons. The van der Waals surface area contributed by atoms with E-state index in [0.29, 0.717) is 43.2 Å². The number of fused-ring (bicyclic) bond motifs is 6. The van der Waals surface area contributed by atoms with E-state index >= 15 is 0 Å². The maximum Gasteiger partial charge on any atom is 0.281 e. The molecule has 1 unspecified atom stereocenters. The van der Waals surface area contributed by atoms with Gasteiger partial charge in [0.2, 0.25) is 0 Å². The zero-order valence-corrected chi connectivity index (χ0v) is 26.2. The first-order chi connectivity index (χ1) is 20.3. The summed E-state index contributed by atoms with van der Waals surface area (Å²) in [5, 5.41) is 3.21. The maximum absolute atomic E-state index is 13.6. The first-order valence-electron chi connectivity index (χ1n) is 14.9. The molecule has 3 aromatic rings. The van der Waals surface area contributed by atoms with Crippen LogP contribution in [0.25, 0.3) is 0 Å². The molecule has 0 aromatic carbocycles. The molecule has 2 atom stereocenters. The predicted octanol–water partition coefficient (Wildman–Crippen LogP) is 4.95. The normalized spacial score (nSPS) is 23.7. The highest BCUT2D eigenvalue weighted by Crippen LogP contribution is 2.41. The van der Waals surface area contributed by atoms with Crippen molar-refractivity contribution in [3.05, 3.63) is 71.2 Å². The molecule has 1 amide bonds. The summed E-state index contributed by atoms with van der Waals surface area (Å²) in [4.78, 5) is 30.0. The number of anilines is 2. The van der Waals surface area contributed by atoms with Crippen molar-refractivity contribution in [3.63, 3.8) is 0 Å². The summed E-state index contributed by atoms with van der Waals surface area (Å²) in [6.07, 6.45) is 4.49. The molecule has 11 heteroatoms. The van der Waals surface area contributed by atoms with E-state index in [1.54, 1.807) is 18.2 Å². The van der Waals surface area contributed by atoms with E-state index in [2.05, 4.69) is 60.6 Å². The third kappa shape index (κ3) is 5.97. The highest BCUT2D eigenvalue weighted by atomic mass is 32.2. The molecule has 43 heavy (non-hydrogen) atoms. The van der Waals surface area contributed by atoms with Crippen LogP contribution in [0.4, 0.5) is 11.6 Å². The topological polar surface area (TPSA) is 126 Å². The van der Waals surface area contributed by atoms with Gasteiger partial charge in [-0.3, -0.25) is 9.78 Å². The number of nitrogens with one attached hydrogen (secondary N) is 2. The second-order valence-electron chi connectivity index (χ2n) is 13.6. The van der Waals surface area contributed by atoms with Gasteiger partial charge in [-0.05, 0) is 74.9 Å². The minimum atomic E-state index is -4.27. The summed E-state index contributed by atoms with van der Waals surface area (Å²) in [6, 6.07) is 12.2. The Kier molecular flexibility index (Phi) is 7.45. The van der Waals surface area contributed by atoms with Crippen molar-refractivity contribution in [3.8, 4) is 0 Å². The van der Waals surface area contributed by atoms with Crippen LogP contribution < -0.4 is 14.9 Å². The van der Waals surface area contributed by atoms with E-state index in [4.69, 9.17) is 14.7 Å². The highest BCUT2D eigenvalue weighted by Gasteiger charge is 2.41. The Morgan fingerprint density at radius 2 is 1.81 bits per heavy atom. The summed E-state index contributed by atoms with van der Waals surface area (Å²) in [7, 11) is -4.27. The molecule has 2 N–H and O–H groups in total. The van der Waals surface area contributed by atoms with Gasteiger partial charge < -0.3 is 15.0 Å². The molecule has 0 spiro atoms. The number of rotatable bonds is 2. The van der Waals surface area contributed by atoms with Gasteiger partial charge in [-0.2, -0.15) is 8.42 Å². The molecule has 0 saturated carbocycles. The second kappa shape index (κ2) is 10.9. The van der Waals surface area contributed by atoms with Crippen LogP contribution in [-0.4, -0.2) is 54.6 Å². The Balaban J connectivity index is 1.41. The number of pyridine rings is 3. The molecule has 4 bridgehead atoms. The van der Waals surface area contributed by atoms with Crippen molar-refractivity contribution >= 4 is 27.6 Å². The lowest BCUT2D eigenvalue weighted by Gasteiger charge is -2.34. The molecular weight excluding hydrogens is 564 g/mol. The monoisotopic (exact) mass is 604 g/mol. The molecule has 6 rings (SSSR count). The lowest BCUT2D eigenvalue weighted by molar-refractivity contribution is 0.00827. The Labute approximate surface area is 253 Å². The fourth-order valence-electron chi connectivity index (χ4n) is 6.24. The van der Waals surface area contributed by atoms with Gasteiger partial charge in [-0.25, -0.2) is 14.7 Å². The van der Waals surface area contributed by atoms with Gasteiger partial charge in [0.15, 0.2) is 5.03 Å². The largest absolute Gasteiger partial charge is 0.380 e. The number of carbonyl (C=O) groups is 1. The van der Waals surface area contributed by atoms with Crippen molar-refractivity contribution in [2.45, 2.75) is 81.8 Å². The minimum Gasteiger partial charge on any atom is -0.380 e. The minimum absolute atomic E-state index is 0.188. The first kappa shape index (κ1) is 29.5. The zero-order chi connectivity index (χ0) is 30.6. The van der Waals surface area contributed by atoms with Crippen LogP contribution in [0.5, 0.6) is 0 Å². The van der Waals surface area contributed by atoms with E-state index in [1.165, 1.54) is 6.07 Å². The van der Waals surface area contributed by atoms with Gasteiger partial charge in [-0.15, -0.1) is 0 Å². The molecule has 2 saturated heterocycles. The van der Waals surface area contributed by atoms with Crippen LogP contribution in [-0.2, 0) is 20.2 Å². The van der Waals surface area contributed by atoms with Gasteiger partial charge >= 0.3 is 0 Å². The lowest BCUT2D eigenvalue weighted by atomic mass is 9.90. The number of aromatic nitrogens is 3. The average molecular weight is 605 g/mol. The van der Waals surface area contributed by atoms with Crippen LogP contribution in [0, 0.1) is 5.92 Å². The van der Waals surface area contributed by atoms with Crippen LogP contribution in [0.3, 0.4) is 0 Å². The molecule has 228 valence electrons. The molecule has 3 aliphatic heterocycles. The second-order valence-corrected chi connectivity index (χ2v) is 15.3. The first-order valence-corrected chi connectivity index (χ1v) is 16.4. The van der Waals surface area contributed by atoms with E-state index in [1.807, 2.05) is 18.3 Å². The quantitative estimate of drug-likeness (QED) is 0.418. The van der Waals surface area contributed by atoms with E-state index in [-0.39, 0.29) is 27.6 Å². The van der Waals surface area contributed by atoms with Crippen molar-refractivity contribution < 1.29 is 17.9 Å². The van der Waals surface area contributed by atoms with Gasteiger partial charge in [-0.1, -0.05) is 32.9 Å². The number of amides is 1. The van der Waals surface area contributed by atoms with E-state index < -0.39 is 15.9 Å². The fraction of sp³-hybridized carbons (Fsp3) is 0.500. The molecule has 10 nitrogen and oxygen atoms in total. The number of hydrogen-bond donors (Lipinski definition) is 2. The third-order valence-corrected chi connectivity index (χ3v) is 10.0. The summed E-state index contributed by atoms with van der Waals surface area (Å²) < 4.78 is 34.5. The highest BCUT2D eigenvalue weighted by molar-refractivity contribution is 7.90. The molecule has 3 aliphatic rings. The number of ether oxygens (including phenoxy) is 1. The predicted molar refractivity (Wildman–Crippen MR) is 165 cm³/mol. The van der Waals surface area contributed by atoms with Crippen molar-refractivity contribution in [1.29, 1.82) is 0 Å². The molecule has 6 heterocycles. The standard InChI is InChI=1S/C32H40N6O4S/c1-31(2,3)26-14-11-23-29(35-26)38-17-20(15-32(38,4)5)9-12-25(24-13-10-21(16-33-24)22-18-42-19-22)34-27-7-6-8-28(36-27)43(40,41)37-30(23)39/h6-8,10-11,13-14,16,20,22,25H,9,12,15,17-19H2,1-5H3,(H,34,36)(H,37,39)/t20-,25?/m0/s1. The van der Waals surface area contributed by atoms with Gasteiger partial charge in [0, 0.05) is 35.3 Å². The summed E-state index contributed by atoms with van der Waals surface area (Å²) in [5.74, 6) is 0.893. The Morgan fingerprint density at radius 1 is 1.02 bits per heavy atom. The van der Waals surface area contributed by atoms with Crippen molar-refractivity contribution in [2.75, 3.05) is 30.0 Å². The van der Waals surface area contributed by atoms with Crippen LogP contribution in [0.2, 0.25) is 0 Å². The molecule has 0 aliphatic carbocycles. The third-order valence-electron chi connectivity index (χ3n) is 8.79. The van der Waals surface area contributed by atoms with E-state index in [0.717, 1.165) is 36.2 Å². The van der Waals surface area contributed by atoms with Gasteiger partial charge in [0.25, 0.3) is 15.9 Å². The van der Waals surface area contributed by atoms with Crippen LogP contribution in [0.15, 0.2) is 53.7 Å². The van der Waals surface area contributed by atoms with Crippen LogP contribution in [0.1, 0.15) is 93.2 Å². The fourth-order valence-corrected chi connectivity index (χ4v) is 7.18. The number of sulfonamides is 1. The van der Waals surface area contributed by atoms with Gasteiger partial charge in [0.05, 0.1) is 30.5 Å². The van der Waals surface area contributed by atoms with Crippen molar-refractivity contribution in [1.82, 2.24) is 19.7 Å². The zero-order valence-electron chi connectivity index (χ0n) is 25.4. The van der Waals surface area contributed by atoms with Crippen LogP contribution >= 0.6 is 0 Å². The number of nitrogens with zero attached hydrogens (tertiary/aromatic N) is 4. The van der Waals surface area contributed by atoms with E-state index in [9.17, 15) is 13.2 Å². The molecule has 2 fully saturated rings. The summed E-state index contributed by atoms with van der Waals surface area (Å²) in [5.41, 5.74) is 2.54. The molecule has 3 aromatic heterocycles. The SMILES string of the molecule is CC(C)(C)c1ccc2c(n1)N1C[C@@H](CCC(c3ccc(C4COC4)cn3)Nc3cccc(n3)S(=O)(=O)NC2=O)CC1(C)C. The Bertz CT molecular complexity index is 1630.